The van der Waals surface area contributed by atoms with E-state index in [2.05, 4.69) is 59.4 Å². The van der Waals surface area contributed by atoms with Gasteiger partial charge in [0.1, 0.15) is 0 Å². The van der Waals surface area contributed by atoms with Gasteiger partial charge >= 0.3 is 0 Å². The first kappa shape index (κ1) is 19.3. The molecule has 1 N–H and O–H groups in total. The molecule has 144 valence electrons. The summed E-state index contributed by atoms with van der Waals surface area (Å²) in [4.78, 5) is 14.6. The molecular weight excluding hydrogens is 336 g/mol. The minimum Gasteiger partial charge on any atom is -0.356 e. The first-order valence-electron chi connectivity index (χ1n) is 10.0. The maximum Gasteiger partial charge on any atom is 0.224 e. The van der Waals surface area contributed by atoms with Gasteiger partial charge in [0, 0.05) is 25.2 Å². The van der Waals surface area contributed by atoms with Crippen LogP contribution in [0.2, 0.25) is 0 Å². The predicted octanol–water partition coefficient (Wildman–Crippen LogP) is 3.89. The van der Waals surface area contributed by atoms with Gasteiger partial charge in [-0.2, -0.15) is 0 Å². The van der Waals surface area contributed by atoms with Gasteiger partial charge in [0.25, 0.3) is 0 Å². The molecule has 2 heterocycles. The molecule has 5 nitrogen and oxygen atoms in total. The summed E-state index contributed by atoms with van der Waals surface area (Å²) >= 11 is 0. The number of piperidine rings is 1. The van der Waals surface area contributed by atoms with E-state index in [0.717, 1.165) is 62.4 Å². The van der Waals surface area contributed by atoms with Crippen molar-refractivity contribution >= 4 is 11.7 Å². The van der Waals surface area contributed by atoms with E-state index in [9.17, 15) is 4.79 Å². The average Bonchev–Trinajstić information content (AvgIpc) is 2.70. The lowest BCUT2D eigenvalue weighted by atomic mass is 9.97. The molecule has 1 amide bonds. The molecule has 0 radical (unpaired) electrons. The Labute approximate surface area is 162 Å². The van der Waals surface area contributed by atoms with Crippen LogP contribution < -0.4 is 10.2 Å². The van der Waals surface area contributed by atoms with E-state index in [4.69, 9.17) is 0 Å². The van der Waals surface area contributed by atoms with E-state index in [1.165, 1.54) is 11.1 Å². The summed E-state index contributed by atoms with van der Waals surface area (Å²) in [5.41, 5.74) is 4.50. The second-order valence-electron chi connectivity index (χ2n) is 7.51. The molecule has 1 unspecified atom stereocenters. The van der Waals surface area contributed by atoms with Gasteiger partial charge in [-0.25, -0.2) is 0 Å². The SMILES string of the molecule is CCCCNC(=O)C1CCCN(c2ccc(-c3ccc(C)c(C)c3)nn2)C1. The second kappa shape index (κ2) is 8.98. The Hall–Kier alpha value is -2.43. The number of nitrogens with zero attached hydrogens (tertiary/aromatic N) is 3. The lowest BCUT2D eigenvalue weighted by Crippen LogP contribution is -2.43. The highest BCUT2D eigenvalue weighted by atomic mass is 16.1. The first-order chi connectivity index (χ1) is 13.1. The number of hydrogen-bond acceptors (Lipinski definition) is 4. The molecule has 1 aromatic carbocycles. The van der Waals surface area contributed by atoms with Gasteiger partial charge in [0.2, 0.25) is 5.91 Å². The van der Waals surface area contributed by atoms with Crippen LogP contribution in [0.3, 0.4) is 0 Å². The van der Waals surface area contributed by atoms with Gasteiger partial charge in [-0.3, -0.25) is 4.79 Å². The quantitative estimate of drug-likeness (QED) is 0.788. The van der Waals surface area contributed by atoms with Gasteiger partial charge in [-0.15, -0.1) is 10.2 Å². The van der Waals surface area contributed by atoms with Gasteiger partial charge in [-0.1, -0.05) is 25.5 Å². The van der Waals surface area contributed by atoms with Crippen LogP contribution in [0.1, 0.15) is 43.7 Å². The summed E-state index contributed by atoms with van der Waals surface area (Å²) in [6.45, 7) is 8.77. The molecule has 1 fully saturated rings. The van der Waals surface area contributed by atoms with Crippen LogP contribution in [0.5, 0.6) is 0 Å². The van der Waals surface area contributed by atoms with Gasteiger partial charge in [-0.05, 0) is 62.4 Å². The zero-order chi connectivity index (χ0) is 19.2. The van der Waals surface area contributed by atoms with E-state index >= 15 is 0 Å². The van der Waals surface area contributed by atoms with Crippen LogP contribution in [-0.4, -0.2) is 35.7 Å². The molecule has 27 heavy (non-hydrogen) atoms. The molecule has 0 saturated carbocycles. The van der Waals surface area contributed by atoms with Crippen molar-refractivity contribution in [1.82, 2.24) is 15.5 Å². The average molecular weight is 367 g/mol. The Morgan fingerprint density at radius 2 is 2.04 bits per heavy atom. The standard InChI is InChI=1S/C22H30N4O/c1-4-5-12-23-22(27)19-7-6-13-26(15-19)21-11-10-20(24-25-21)18-9-8-16(2)17(3)14-18/h8-11,14,19H,4-7,12-13,15H2,1-3H3,(H,23,27). The highest BCUT2D eigenvalue weighted by Gasteiger charge is 2.26. The van der Waals surface area contributed by atoms with Crippen molar-refractivity contribution in [2.24, 2.45) is 5.92 Å². The Kier molecular flexibility index (Phi) is 6.43. The number of amides is 1. The number of carbonyl (C=O) groups is 1. The number of aromatic nitrogens is 2. The first-order valence-corrected chi connectivity index (χ1v) is 10.0. The fourth-order valence-electron chi connectivity index (χ4n) is 3.48. The molecule has 0 bridgehead atoms. The Balaban J connectivity index is 1.65. The maximum absolute atomic E-state index is 12.4. The number of aryl methyl sites for hydroxylation is 2. The molecule has 1 aromatic heterocycles. The molecule has 1 saturated heterocycles. The molecule has 0 spiro atoms. The van der Waals surface area contributed by atoms with Crippen LogP contribution in [0.25, 0.3) is 11.3 Å². The van der Waals surface area contributed by atoms with Crippen LogP contribution in [-0.2, 0) is 4.79 Å². The zero-order valence-corrected chi connectivity index (χ0v) is 16.7. The summed E-state index contributed by atoms with van der Waals surface area (Å²) in [5, 5.41) is 11.9. The van der Waals surface area contributed by atoms with E-state index in [1.54, 1.807) is 0 Å². The number of carbonyl (C=O) groups excluding carboxylic acids is 1. The summed E-state index contributed by atoms with van der Waals surface area (Å²) in [6, 6.07) is 10.4. The van der Waals surface area contributed by atoms with Crippen molar-refractivity contribution in [2.45, 2.75) is 46.5 Å². The van der Waals surface area contributed by atoms with Crippen LogP contribution in [0, 0.1) is 19.8 Å². The van der Waals surface area contributed by atoms with Crippen LogP contribution >= 0.6 is 0 Å². The molecule has 0 aliphatic carbocycles. The van der Waals surface area contributed by atoms with Crippen LogP contribution in [0.4, 0.5) is 5.82 Å². The lowest BCUT2D eigenvalue weighted by molar-refractivity contribution is -0.125. The zero-order valence-electron chi connectivity index (χ0n) is 16.7. The number of benzene rings is 1. The molecular formula is C22H30N4O. The van der Waals surface area contributed by atoms with Crippen molar-refractivity contribution in [1.29, 1.82) is 0 Å². The van der Waals surface area contributed by atoms with Gasteiger partial charge in [0.15, 0.2) is 5.82 Å². The smallest absolute Gasteiger partial charge is 0.224 e. The Morgan fingerprint density at radius 3 is 2.74 bits per heavy atom. The molecule has 2 aromatic rings. The second-order valence-corrected chi connectivity index (χ2v) is 7.51. The minimum atomic E-state index is 0.0387. The van der Waals surface area contributed by atoms with E-state index in [-0.39, 0.29) is 11.8 Å². The van der Waals surface area contributed by atoms with Crippen molar-refractivity contribution in [3.63, 3.8) is 0 Å². The maximum atomic E-state index is 12.4. The number of rotatable bonds is 6. The fourth-order valence-corrected chi connectivity index (χ4v) is 3.48. The highest BCUT2D eigenvalue weighted by Crippen LogP contribution is 2.24. The van der Waals surface area contributed by atoms with Gasteiger partial charge in [0.05, 0.1) is 11.6 Å². The largest absolute Gasteiger partial charge is 0.356 e. The molecule has 1 atom stereocenters. The summed E-state index contributed by atoms with van der Waals surface area (Å²) in [6.07, 6.45) is 4.09. The molecule has 1 aliphatic heterocycles. The Morgan fingerprint density at radius 1 is 1.19 bits per heavy atom. The molecule has 1 aliphatic rings. The van der Waals surface area contributed by atoms with E-state index in [0.29, 0.717) is 0 Å². The predicted molar refractivity (Wildman–Crippen MR) is 110 cm³/mol. The summed E-state index contributed by atoms with van der Waals surface area (Å²) < 4.78 is 0. The number of nitrogens with one attached hydrogen (secondary N) is 1. The lowest BCUT2D eigenvalue weighted by Gasteiger charge is -2.32. The summed E-state index contributed by atoms with van der Waals surface area (Å²) in [7, 11) is 0. The van der Waals surface area contributed by atoms with Crippen molar-refractivity contribution < 1.29 is 4.79 Å². The minimum absolute atomic E-state index is 0.0387. The van der Waals surface area contributed by atoms with Crippen molar-refractivity contribution in [3.8, 4) is 11.3 Å². The van der Waals surface area contributed by atoms with E-state index < -0.39 is 0 Å². The highest BCUT2D eigenvalue weighted by molar-refractivity contribution is 5.79. The monoisotopic (exact) mass is 366 g/mol. The molecule has 3 rings (SSSR count). The van der Waals surface area contributed by atoms with E-state index in [1.807, 2.05) is 12.1 Å². The third-order valence-corrected chi connectivity index (χ3v) is 5.40. The number of hydrogen-bond donors (Lipinski definition) is 1. The topological polar surface area (TPSA) is 58.1 Å². The van der Waals surface area contributed by atoms with Crippen molar-refractivity contribution in [2.75, 3.05) is 24.5 Å². The summed E-state index contributed by atoms with van der Waals surface area (Å²) in [5.74, 6) is 1.07. The molecule has 5 heteroatoms. The fraction of sp³-hybridized carbons (Fsp3) is 0.500. The number of anilines is 1. The normalized spacial score (nSPS) is 17.0. The van der Waals surface area contributed by atoms with Gasteiger partial charge < -0.3 is 10.2 Å². The third-order valence-electron chi connectivity index (χ3n) is 5.40. The third kappa shape index (κ3) is 4.85. The van der Waals surface area contributed by atoms with Crippen molar-refractivity contribution in [3.05, 3.63) is 41.5 Å². The number of unbranched alkanes of at least 4 members (excludes halogenated alkanes) is 1. The van der Waals surface area contributed by atoms with Crippen LogP contribution in [0.15, 0.2) is 30.3 Å². The Bertz CT molecular complexity index is 772.